The minimum absolute atomic E-state index is 0.154. The third-order valence-electron chi connectivity index (χ3n) is 3.70. The molecule has 1 heterocycles. The van der Waals surface area contributed by atoms with Crippen LogP contribution in [0.3, 0.4) is 0 Å². The Labute approximate surface area is 172 Å². The summed E-state index contributed by atoms with van der Waals surface area (Å²) in [6.45, 7) is 1.85. The van der Waals surface area contributed by atoms with Crippen molar-refractivity contribution in [2.45, 2.75) is 12.1 Å². The number of carbonyl (C=O) groups excluding carboxylic acids is 1. The van der Waals surface area contributed by atoms with E-state index in [-0.39, 0.29) is 17.6 Å². The summed E-state index contributed by atoms with van der Waals surface area (Å²) >= 11 is 1.19. The fourth-order valence-corrected chi connectivity index (χ4v) is 2.91. The first-order chi connectivity index (χ1) is 14.1. The van der Waals surface area contributed by atoms with Gasteiger partial charge in [0.2, 0.25) is 11.1 Å². The summed E-state index contributed by atoms with van der Waals surface area (Å²) in [5.74, 6) is 6.27. The van der Waals surface area contributed by atoms with E-state index in [4.69, 9.17) is 5.84 Å². The van der Waals surface area contributed by atoms with E-state index in [0.717, 1.165) is 17.0 Å². The van der Waals surface area contributed by atoms with Crippen molar-refractivity contribution in [3.8, 4) is 0 Å². The molecule has 0 saturated heterocycles. The molecule has 4 N–H and O–H groups in total. The predicted octanol–water partition coefficient (Wildman–Crippen LogP) is 3.22. The lowest BCUT2D eigenvalue weighted by Gasteiger charge is -2.05. The third-order valence-corrected chi connectivity index (χ3v) is 4.65. The lowest BCUT2D eigenvalue weighted by molar-refractivity contribution is -0.113. The zero-order valence-corrected chi connectivity index (χ0v) is 16.6. The van der Waals surface area contributed by atoms with Gasteiger partial charge in [0.15, 0.2) is 0 Å². The van der Waals surface area contributed by atoms with Crippen LogP contribution < -0.4 is 16.6 Å². The number of allylic oxidation sites excluding steroid dienone is 1. The van der Waals surface area contributed by atoms with Crippen molar-refractivity contribution < 1.29 is 4.79 Å². The number of nitrogen functional groups attached to an aromatic ring is 1. The summed E-state index contributed by atoms with van der Waals surface area (Å²) in [4.78, 5) is 12.0. The number of amides is 1. The van der Waals surface area contributed by atoms with Crippen LogP contribution in [-0.4, -0.2) is 32.2 Å². The van der Waals surface area contributed by atoms with Crippen LogP contribution in [0, 0.1) is 0 Å². The number of rotatable bonds is 8. The van der Waals surface area contributed by atoms with Gasteiger partial charge < -0.3 is 11.2 Å². The van der Waals surface area contributed by atoms with Crippen LogP contribution in [-0.2, 0) is 4.79 Å². The van der Waals surface area contributed by atoms with Gasteiger partial charge in [-0.05, 0) is 30.7 Å². The van der Waals surface area contributed by atoms with Crippen LogP contribution in [0.5, 0.6) is 0 Å². The van der Waals surface area contributed by atoms with Crippen molar-refractivity contribution in [2.24, 2.45) is 5.10 Å². The second-order valence-corrected chi connectivity index (χ2v) is 6.93. The number of anilines is 2. The molecule has 0 spiro atoms. The average molecular weight is 408 g/mol. The molecule has 0 aliphatic heterocycles. The number of nitrogens with two attached hydrogens (primary N) is 1. The van der Waals surface area contributed by atoms with E-state index in [0.29, 0.717) is 5.16 Å². The highest BCUT2D eigenvalue weighted by molar-refractivity contribution is 7.99. The molecule has 0 radical (unpaired) electrons. The molecule has 1 aromatic heterocycles. The van der Waals surface area contributed by atoms with Crippen molar-refractivity contribution in [3.63, 3.8) is 0 Å². The maximum absolute atomic E-state index is 12.0. The first-order valence-corrected chi connectivity index (χ1v) is 9.82. The maximum atomic E-state index is 12.0. The first-order valence-electron chi connectivity index (χ1n) is 8.83. The zero-order chi connectivity index (χ0) is 20.5. The number of aromatic nitrogens is 3. The summed E-state index contributed by atoms with van der Waals surface area (Å²) in [5, 5.41) is 15.4. The molecule has 148 valence electrons. The average Bonchev–Trinajstić information content (AvgIpc) is 3.10. The Bertz CT molecular complexity index is 1000. The summed E-state index contributed by atoms with van der Waals surface area (Å²) in [6, 6.07) is 19.2. The van der Waals surface area contributed by atoms with Gasteiger partial charge in [0.1, 0.15) is 0 Å². The second kappa shape index (κ2) is 10.1. The van der Waals surface area contributed by atoms with Gasteiger partial charge in [0.05, 0.1) is 11.5 Å². The summed E-state index contributed by atoms with van der Waals surface area (Å²) in [5.41, 5.74) is 5.35. The Morgan fingerprint density at radius 2 is 1.83 bits per heavy atom. The molecule has 0 aliphatic rings. The van der Waals surface area contributed by atoms with Gasteiger partial charge in [-0.25, -0.2) is 10.1 Å². The molecule has 1 amide bonds. The number of hydrazone groups is 1. The zero-order valence-electron chi connectivity index (χ0n) is 15.8. The van der Waals surface area contributed by atoms with Crippen LogP contribution >= 0.6 is 11.8 Å². The fraction of sp³-hybridized carbons (Fsp3) is 0.100. The quantitative estimate of drug-likeness (QED) is 0.229. The largest absolute Gasteiger partial charge is 0.334 e. The molecule has 0 fully saturated rings. The van der Waals surface area contributed by atoms with Gasteiger partial charge in [0, 0.05) is 5.69 Å². The van der Waals surface area contributed by atoms with Crippen LogP contribution in [0.4, 0.5) is 11.6 Å². The highest BCUT2D eigenvalue weighted by atomic mass is 32.2. The van der Waals surface area contributed by atoms with E-state index in [9.17, 15) is 4.79 Å². The minimum atomic E-state index is -0.154. The van der Waals surface area contributed by atoms with Crippen LogP contribution in [0.25, 0.3) is 6.08 Å². The monoisotopic (exact) mass is 407 g/mol. The van der Waals surface area contributed by atoms with Gasteiger partial charge in [0.25, 0.3) is 5.95 Å². The Morgan fingerprint density at radius 1 is 1.14 bits per heavy atom. The number of para-hydroxylation sites is 1. The molecule has 8 nitrogen and oxygen atoms in total. The van der Waals surface area contributed by atoms with Gasteiger partial charge in [-0.3, -0.25) is 4.79 Å². The maximum Gasteiger partial charge on any atom is 0.264 e. The van der Waals surface area contributed by atoms with E-state index < -0.39 is 0 Å². The van der Waals surface area contributed by atoms with Gasteiger partial charge in [-0.1, -0.05) is 66.4 Å². The smallest absolute Gasteiger partial charge is 0.264 e. The lowest BCUT2D eigenvalue weighted by Crippen LogP contribution is -2.17. The van der Waals surface area contributed by atoms with Gasteiger partial charge >= 0.3 is 0 Å². The Morgan fingerprint density at radius 3 is 2.55 bits per heavy atom. The Hall–Kier alpha value is -3.59. The third kappa shape index (κ3) is 6.22. The normalized spacial score (nSPS) is 11.6. The van der Waals surface area contributed by atoms with Crippen LogP contribution in [0.1, 0.15) is 12.5 Å². The van der Waals surface area contributed by atoms with Crippen molar-refractivity contribution in [2.75, 3.05) is 22.3 Å². The summed E-state index contributed by atoms with van der Waals surface area (Å²) in [7, 11) is 0. The van der Waals surface area contributed by atoms with Gasteiger partial charge in [-0.2, -0.15) is 5.10 Å². The summed E-state index contributed by atoms with van der Waals surface area (Å²) < 4.78 is 1.26. The SMILES string of the molecule is CC(/C=C/c1ccccc1)=N\Nc1nnc(SCC(=O)Nc2ccccc2)n1N. The molecule has 0 unspecified atom stereocenters. The summed E-state index contributed by atoms with van der Waals surface area (Å²) in [6.07, 6.45) is 3.84. The number of nitrogens with zero attached hydrogens (tertiary/aromatic N) is 4. The Kier molecular flexibility index (Phi) is 7.01. The van der Waals surface area contributed by atoms with E-state index in [2.05, 4.69) is 26.0 Å². The van der Waals surface area contributed by atoms with Crippen molar-refractivity contribution in [3.05, 3.63) is 72.3 Å². The molecule has 0 saturated carbocycles. The first kappa shape index (κ1) is 20.2. The van der Waals surface area contributed by atoms with E-state index in [1.165, 1.54) is 16.4 Å². The number of carbonyl (C=O) groups is 1. The molecule has 3 aromatic rings. The molecule has 29 heavy (non-hydrogen) atoms. The van der Waals surface area contributed by atoms with Crippen LogP contribution in [0.2, 0.25) is 0 Å². The van der Waals surface area contributed by atoms with E-state index in [1.54, 1.807) is 0 Å². The second-order valence-electron chi connectivity index (χ2n) is 5.99. The van der Waals surface area contributed by atoms with E-state index >= 15 is 0 Å². The van der Waals surface area contributed by atoms with Crippen molar-refractivity contribution in [1.29, 1.82) is 0 Å². The van der Waals surface area contributed by atoms with Crippen LogP contribution in [0.15, 0.2) is 77.0 Å². The van der Waals surface area contributed by atoms with E-state index in [1.807, 2.05) is 79.7 Å². The predicted molar refractivity (Wildman–Crippen MR) is 118 cm³/mol. The Balaban J connectivity index is 1.52. The molecule has 3 rings (SSSR count). The molecule has 0 atom stereocenters. The number of nitrogens with one attached hydrogen (secondary N) is 2. The number of thioether (sulfide) groups is 1. The number of hydrogen-bond acceptors (Lipinski definition) is 7. The molecular formula is C20H21N7OS. The molecule has 9 heteroatoms. The number of benzene rings is 2. The highest BCUT2D eigenvalue weighted by Crippen LogP contribution is 2.17. The molecular weight excluding hydrogens is 386 g/mol. The highest BCUT2D eigenvalue weighted by Gasteiger charge is 2.12. The molecule has 0 bridgehead atoms. The number of hydrogen-bond donors (Lipinski definition) is 3. The standard InChI is InChI=1S/C20H21N7OS/c1-15(12-13-16-8-4-2-5-9-16)23-24-19-25-26-20(27(19)21)29-14-18(28)22-17-10-6-3-7-11-17/h2-13H,14,21H2,1H3,(H,22,28)(H,24,25)/b13-12+,23-15+. The van der Waals surface area contributed by atoms with Crippen molar-refractivity contribution in [1.82, 2.24) is 14.9 Å². The van der Waals surface area contributed by atoms with Crippen molar-refractivity contribution >= 4 is 41.1 Å². The molecule has 2 aromatic carbocycles. The minimum Gasteiger partial charge on any atom is -0.334 e. The van der Waals surface area contributed by atoms with Gasteiger partial charge in [-0.15, -0.1) is 10.2 Å². The lowest BCUT2D eigenvalue weighted by atomic mass is 10.2. The fourth-order valence-electron chi connectivity index (χ4n) is 2.26. The topological polar surface area (TPSA) is 110 Å². The molecule has 0 aliphatic carbocycles.